The number of carbonyl (C=O) groups excluding carboxylic acids is 1. The van der Waals surface area contributed by atoms with E-state index in [1.807, 2.05) is 66.7 Å². The smallest absolute Gasteiger partial charge is 0.410 e. The van der Waals surface area contributed by atoms with E-state index in [1.165, 1.54) is 4.90 Å². The average Bonchev–Trinajstić information content (AvgIpc) is 2.95. The first kappa shape index (κ1) is 31.9. The number of hydrogen-bond acceptors (Lipinski definition) is 6. The van der Waals surface area contributed by atoms with Gasteiger partial charge in [0.15, 0.2) is 0 Å². The van der Waals surface area contributed by atoms with Gasteiger partial charge >= 0.3 is 6.09 Å². The molecule has 3 aromatic rings. The highest BCUT2D eigenvalue weighted by Crippen LogP contribution is 2.39. The van der Waals surface area contributed by atoms with E-state index in [0.29, 0.717) is 6.61 Å². The second-order valence-corrected chi connectivity index (χ2v) is 17.3. The number of benzene rings is 3. The van der Waals surface area contributed by atoms with Gasteiger partial charge in [0.25, 0.3) is 8.32 Å². The Morgan fingerprint density at radius 1 is 0.810 bits per heavy atom. The molecule has 4 rings (SSSR count). The molecule has 2 N–H and O–H groups in total. The van der Waals surface area contributed by atoms with E-state index in [2.05, 4.69) is 45.0 Å². The van der Waals surface area contributed by atoms with Gasteiger partial charge in [-0.05, 0) is 41.7 Å². The fraction of sp³-hybridized carbons (Fsp3) is 0.441. The molecule has 0 aromatic heterocycles. The quantitative estimate of drug-likeness (QED) is 0.376. The maximum atomic E-state index is 13.6. The van der Waals surface area contributed by atoms with E-state index in [1.54, 1.807) is 20.8 Å². The average molecular weight is 592 g/mol. The van der Waals surface area contributed by atoms with E-state index >= 15 is 0 Å². The molecule has 4 atom stereocenters. The van der Waals surface area contributed by atoms with Gasteiger partial charge in [0, 0.05) is 0 Å². The van der Waals surface area contributed by atoms with Gasteiger partial charge in [-0.3, -0.25) is 4.90 Å². The standard InChI is InChI=1S/C34H45NO6Si/c1-33(2,3)40-32(38)35-22-29(31(37)30(36)28(35)24-39-23-25-16-10-7-11-17-25)41-42(34(4,5)6,26-18-12-8-13-19-26)27-20-14-9-15-21-27/h7-21,28-31,36-37H,22-24H2,1-6H3/t28-,29+,30-,31+/m1/s1. The number of aliphatic hydroxyl groups excluding tert-OH is 2. The van der Waals surface area contributed by atoms with Crippen molar-refractivity contribution in [2.75, 3.05) is 13.2 Å². The molecule has 226 valence electrons. The Hall–Kier alpha value is -3.01. The van der Waals surface area contributed by atoms with Crippen molar-refractivity contribution in [3.05, 3.63) is 96.6 Å². The molecule has 1 aliphatic heterocycles. The van der Waals surface area contributed by atoms with Gasteiger partial charge in [-0.1, -0.05) is 112 Å². The van der Waals surface area contributed by atoms with E-state index in [-0.39, 0.29) is 18.2 Å². The second-order valence-electron chi connectivity index (χ2n) is 13.0. The zero-order chi connectivity index (χ0) is 30.5. The predicted molar refractivity (Wildman–Crippen MR) is 167 cm³/mol. The normalized spacial score (nSPS) is 21.7. The molecule has 1 aliphatic rings. The van der Waals surface area contributed by atoms with Crippen molar-refractivity contribution >= 4 is 24.8 Å². The molecular weight excluding hydrogens is 546 g/mol. The highest BCUT2D eigenvalue weighted by molar-refractivity contribution is 6.99. The number of ether oxygens (including phenoxy) is 2. The Bertz CT molecular complexity index is 1240. The number of rotatable bonds is 8. The summed E-state index contributed by atoms with van der Waals surface area (Å²) in [5.74, 6) is 0. The molecule has 0 radical (unpaired) electrons. The van der Waals surface area contributed by atoms with Crippen molar-refractivity contribution in [1.82, 2.24) is 4.90 Å². The van der Waals surface area contributed by atoms with Crippen molar-refractivity contribution in [1.29, 1.82) is 0 Å². The van der Waals surface area contributed by atoms with Crippen molar-refractivity contribution < 1.29 is 28.9 Å². The van der Waals surface area contributed by atoms with E-state index in [9.17, 15) is 15.0 Å². The van der Waals surface area contributed by atoms with Crippen LogP contribution >= 0.6 is 0 Å². The van der Waals surface area contributed by atoms with Gasteiger partial charge in [0.1, 0.15) is 17.8 Å². The molecule has 0 aliphatic carbocycles. The highest BCUT2D eigenvalue weighted by Gasteiger charge is 2.55. The highest BCUT2D eigenvalue weighted by atomic mass is 28.4. The van der Waals surface area contributed by atoms with Crippen LogP contribution in [0, 0.1) is 0 Å². The molecule has 1 saturated heterocycles. The van der Waals surface area contributed by atoms with Crippen molar-refractivity contribution in [3.8, 4) is 0 Å². The lowest BCUT2D eigenvalue weighted by Crippen LogP contribution is -2.72. The molecule has 0 saturated carbocycles. The fourth-order valence-electron chi connectivity index (χ4n) is 5.69. The lowest BCUT2D eigenvalue weighted by atomic mass is 9.94. The van der Waals surface area contributed by atoms with Gasteiger partial charge in [0.2, 0.25) is 0 Å². The Morgan fingerprint density at radius 2 is 1.31 bits per heavy atom. The van der Waals surface area contributed by atoms with Crippen LogP contribution in [0.5, 0.6) is 0 Å². The molecular formula is C34H45NO6Si. The maximum absolute atomic E-state index is 13.6. The summed E-state index contributed by atoms with van der Waals surface area (Å²) in [7, 11) is -3.09. The van der Waals surface area contributed by atoms with Crippen LogP contribution in [-0.4, -0.2) is 72.6 Å². The van der Waals surface area contributed by atoms with Gasteiger partial charge < -0.3 is 24.1 Å². The van der Waals surface area contributed by atoms with Crippen molar-refractivity contribution in [3.63, 3.8) is 0 Å². The fourth-order valence-corrected chi connectivity index (χ4v) is 10.4. The van der Waals surface area contributed by atoms with E-state index in [0.717, 1.165) is 15.9 Å². The van der Waals surface area contributed by atoms with Crippen LogP contribution in [0.4, 0.5) is 4.79 Å². The summed E-state index contributed by atoms with van der Waals surface area (Å²) < 4.78 is 18.9. The minimum absolute atomic E-state index is 0.0261. The van der Waals surface area contributed by atoms with Gasteiger partial charge in [-0.25, -0.2) is 4.79 Å². The number of likely N-dealkylation sites (tertiary alicyclic amines) is 1. The number of hydrogen-bond donors (Lipinski definition) is 2. The minimum atomic E-state index is -3.09. The molecule has 1 heterocycles. The molecule has 0 unspecified atom stereocenters. The third-order valence-corrected chi connectivity index (χ3v) is 12.7. The maximum Gasteiger partial charge on any atom is 0.410 e. The van der Waals surface area contributed by atoms with Gasteiger partial charge in [0.05, 0.1) is 31.9 Å². The van der Waals surface area contributed by atoms with Crippen LogP contribution in [0.25, 0.3) is 0 Å². The topological polar surface area (TPSA) is 88.5 Å². The third-order valence-electron chi connectivity index (χ3n) is 7.68. The molecule has 7 nitrogen and oxygen atoms in total. The number of aliphatic hydroxyl groups is 2. The molecule has 42 heavy (non-hydrogen) atoms. The second kappa shape index (κ2) is 13.1. The molecule has 8 heteroatoms. The summed E-state index contributed by atoms with van der Waals surface area (Å²) >= 11 is 0. The van der Waals surface area contributed by atoms with Crippen LogP contribution in [0.15, 0.2) is 91.0 Å². The summed E-state index contributed by atoms with van der Waals surface area (Å²) in [6.45, 7) is 12.2. The van der Waals surface area contributed by atoms with Gasteiger partial charge in [-0.2, -0.15) is 0 Å². The number of amides is 1. The minimum Gasteiger partial charge on any atom is -0.444 e. The molecule has 1 amide bonds. The zero-order valence-corrected chi connectivity index (χ0v) is 26.6. The summed E-state index contributed by atoms with van der Waals surface area (Å²) in [4.78, 5) is 15.0. The van der Waals surface area contributed by atoms with Crippen molar-refractivity contribution in [2.24, 2.45) is 0 Å². The lowest BCUT2D eigenvalue weighted by molar-refractivity contribution is -0.142. The first-order valence-electron chi connectivity index (χ1n) is 14.6. The van der Waals surface area contributed by atoms with Crippen molar-refractivity contribution in [2.45, 2.75) is 83.1 Å². The lowest BCUT2D eigenvalue weighted by Gasteiger charge is -2.50. The van der Waals surface area contributed by atoms with E-state index in [4.69, 9.17) is 13.9 Å². The summed E-state index contributed by atoms with van der Waals surface area (Å²) in [5.41, 5.74) is 0.224. The monoisotopic (exact) mass is 591 g/mol. The number of carbonyl (C=O) groups is 1. The molecule has 1 fully saturated rings. The Morgan fingerprint density at radius 3 is 1.79 bits per heavy atom. The van der Waals surface area contributed by atoms with Crippen LogP contribution < -0.4 is 10.4 Å². The summed E-state index contributed by atoms with van der Waals surface area (Å²) in [6, 6.07) is 29.1. The third kappa shape index (κ3) is 7.13. The number of piperidine rings is 1. The van der Waals surface area contributed by atoms with Crippen LogP contribution in [0.1, 0.15) is 47.1 Å². The van der Waals surface area contributed by atoms with Crippen LogP contribution in [-0.2, 0) is 20.5 Å². The van der Waals surface area contributed by atoms with Gasteiger partial charge in [-0.15, -0.1) is 0 Å². The largest absolute Gasteiger partial charge is 0.444 e. The summed E-state index contributed by atoms with van der Waals surface area (Å²) in [6.07, 6.45) is -4.03. The first-order valence-corrected chi connectivity index (χ1v) is 16.5. The number of nitrogens with zero attached hydrogens (tertiary/aromatic N) is 1. The Kier molecular flexibility index (Phi) is 9.95. The van der Waals surface area contributed by atoms with Crippen LogP contribution in [0.3, 0.4) is 0 Å². The van der Waals surface area contributed by atoms with E-state index < -0.39 is 44.4 Å². The van der Waals surface area contributed by atoms with Crippen LogP contribution in [0.2, 0.25) is 5.04 Å². The molecule has 3 aromatic carbocycles. The first-order chi connectivity index (χ1) is 19.8. The predicted octanol–water partition coefficient (Wildman–Crippen LogP) is 4.49. The zero-order valence-electron chi connectivity index (χ0n) is 25.6. The summed E-state index contributed by atoms with van der Waals surface area (Å²) in [5, 5.41) is 24.8. The molecule has 0 spiro atoms. The molecule has 0 bridgehead atoms. The Labute approximate surface area is 251 Å². The SMILES string of the molecule is CC(C)(C)OC(=O)N1C[C@H](O[Si](c2ccccc2)(c2ccccc2)C(C)(C)C)[C@H](O)[C@H](O)[C@H]1COCc1ccccc1. The Balaban J connectivity index is 1.70.